The molecule has 7 heteroatoms. The van der Waals surface area contributed by atoms with E-state index in [1.807, 2.05) is 0 Å². The minimum Gasteiger partial charge on any atom is -0.350 e. The van der Waals surface area contributed by atoms with Crippen LogP contribution in [-0.4, -0.2) is 30.4 Å². The number of halogens is 2. The van der Waals surface area contributed by atoms with Crippen LogP contribution in [0.1, 0.15) is 37.6 Å². The molecular weight excluding hydrogens is 337 g/mol. The predicted octanol–water partition coefficient (Wildman–Crippen LogP) is 2.60. The maximum atomic E-state index is 12.2. The van der Waals surface area contributed by atoms with Gasteiger partial charge in [-0.3, -0.25) is 9.59 Å². The SMILES string of the molecule is CC(C)CC(CN)NC(=O)C(C)NC(=O)c1cccc(Cl)c1Cl. The van der Waals surface area contributed by atoms with Gasteiger partial charge in [-0.15, -0.1) is 0 Å². The number of benzene rings is 1. The molecule has 0 radical (unpaired) electrons. The van der Waals surface area contributed by atoms with E-state index in [1.165, 1.54) is 0 Å². The van der Waals surface area contributed by atoms with Crippen LogP contribution in [0.25, 0.3) is 0 Å². The molecule has 0 saturated heterocycles. The summed E-state index contributed by atoms with van der Waals surface area (Å²) in [7, 11) is 0. The summed E-state index contributed by atoms with van der Waals surface area (Å²) in [5, 5.41) is 5.91. The van der Waals surface area contributed by atoms with E-state index in [9.17, 15) is 9.59 Å². The topological polar surface area (TPSA) is 84.2 Å². The maximum Gasteiger partial charge on any atom is 0.253 e. The van der Waals surface area contributed by atoms with Gasteiger partial charge < -0.3 is 16.4 Å². The Morgan fingerprint density at radius 2 is 1.83 bits per heavy atom. The first-order valence-corrected chi connectivity index (χ1v) is 8.27. The lowest BCUT2D eigenvalue weighted by Crippen LogP contribution is -2.50. The van der Waals surface area contributed by atoms with E-state index < -0.39 is 11.9 Å². The van der Waals surface area contributed by atoms with E-state index in [2.05, 4.69) is 24.5 Å². The van der Waals surface area contributed by atoms with Gasteiger partial charge >= 0.3 is 0 Å². The van der Waals surface area contributed by atoms with Crippen molar-refractivity contribution in [1.82, 2.24) is 10.6 Å². The molecule has 2 amide bonds. The van der Waals surface area contributed by atoms with Crippen molar-refractivity contribution in [3.63, 3.8) is 0 Å². The highest BCUT2D eigenvalue weighted by atomic mass is 35.5. The highest BCUT2D eigenvalue weighted by Crippen LogP contribution is 2.25. The van der Waals surface area contributed by atoms with Gasteiger partial charge in [0, 0.05) is 12.6 Å². The molecule has 2 atom stereocenters. The zero-order chi connectivity index (χ0) is 17.6. The average Bonchev–Trinajstić information content (AvgIpc) is 2.48. The molecule has 2 unspecified atom stereocenters. The molecule has 1 aromatic rings. The van der Waals surface area contributed by atoms with Crippen LogP contribution in [0.15, 0.2) is 18.2 Å². The fraction of sp³-hybridized carbons (Fsp3) is 0.500. The van der Waals surface area contributed by atoms with Crippen molar-refractivity contribution < 1.29 is 9.59 Å². The predicted molar refractivity (Wildman–Crippen MR) is 93.8 cm³/mol. The summed E-state index contributed by atoms with van der Waals surface area (Å²) >= 11 is 11.9. The van der Waals surface area contributed by atoms with Crippen molar-refractivity contribution >= 4 is 35.0 Å². The minimum atomic E-state index is -0.709. The Morgan fingerprint density at radius 3 is 2.39 bits per heavy atom. The van der Waals surface area contributed by atoms with E-state index in [0.29, 0.717) is 12.5 Å². The van der Waals surface area contributed by atoms with Gasteiger partial charge in [-0.2, -0.15) is 0 Å². The zero-order valence-corrected chi connectivity index (χ0v) is 15.0. The van der Waals surface area contributed by atoms with Crippen molar-refractivity contribution in [3.8, 4) is 0 Å². The van der Waals surface area contributed by atoms with Crippen LogP contribution >= 0.6 is 23.2 Å². The van der Waals surface area contributed by atoms with Crippen LogP contribution < -0.4 is 16.4 Å². The maximum absolute atomic E-state index is 12.2. The number of amides is 2. The first-order valence-electron chi connectivity index (χ1n) is 7.51. The summed E-state index contributed by atoms with van der Waals surface area (Å²) in [4.78, 5) is 24.4. The number of hydrogen-bond donors (Lipinski definition) is 3. The van der Waals surface area contributed by atoms with Gasteiger partial charge in [0.25, 0.3) is 5.91 Å². The Labute approximate surface area is 146 Å². The van der Waals surface area contributed by atoms with Crippen molar-refractivity contribution in [2.45, 2.75) is 39.3 Å². The largest absolute Gasteiger partial charge is 0.350 e. The molecule has 1 aromatic carbocycles. The molecule has 0 aromatic heterocycles. The van der Waals surface area contributed by atoms with Crippen LogP contribution in [0.4, 0.5) is 0 Å². The van der Waals surface area contributed by atoms with Crippen LogP contribution in [0.5, 0.6) is 0 Å². The molecule has 0 fully saturated rings. The van der Waals surface area contributed by atoms with Gasteiger partial charge in [0.05, 0.1) is 15.6 Å². The molecule has 0 aliphatic rings. The average molecular weight is 360 g/mol. The van der Waals surface area contributed by atoms with Crippen LogP contribution in [-0.2, 0) is 4.79 Å². The molecular formula is C16H23Cl2N3O2. The Balaban J connectivity index is 2.67. The van der Waals surface area contributed by atoms with Gasteiger partial charge in [0.2, 0.25) is 5.91 Å². The lowest BCUT2D eigenvalue weighted by Gasteiger charge is -2.22. The van der Waals surface area contributed by atoms with E-state index in [4.69, 9.17) is 28.9 Å². The Kier molecular flexibility index (Phi) is 7.82. The summed E-state index contributed by atoms with van der Waals surface area (Å²) < 4.78 is 0. The van der Waals surface area contributed by atoms with Crippen molar-refractivity contribution in [2.75, 3.05) is 6.54 Å². The van der Waals surface area contributed by atoms with Gasteiger partial charge in [-0.05, 0) is 31.4 Å². The number of rotatable bonds is 7. The summed E-state index contributed by atoms with van der Waals surface area (Å²) in [5.41, 5.74) is 5.90. The second-order valence-corrected chi connectivity index (χ2v) is 6.65. The molecule has 0 aliphatic heterocycles. The highest BCUT2D eigenvalue weighted by molar-refractivity contribution is 6.43. The van der Waals surface area contributed by atoms with Crippen LogP contribution in [0.2, 0.25) is 10.0 Å². The number of hydrogen-bond acceptors (Lipinski definition) is 3. The molecule has 0 saturated carbocycles. The normalized spacial score (nSPS) is 13.5. The molecule has 1 rings (SSSR count). The Bertz CT molecular complexity index is 564. The quantitative estimate of drug-likeness (QED) is 0.699. The first kappa shape index (κ1) is 19.7. The number of nitrogens with one attached hydrogen (secondary N) is 2. The van der Waals surface area contributed by atoms with Crippen molar-refractivity contribution in [1.29, 1.82) is 0 Å². The Morgan fingerprint density at radius 1 is 1.17 bits per heavy atom. The van der Waals surface area contributed by atoms with Crippen LogP contribution in [0, 0.1) is 5.92 Å². The number of nitrogens with two attached hydrogens (primary N) is 1. The molecule has 4 N–H and O–H groups in total. The van der Waals surface area contributed by atoms with Gasteiger partial charge in [-0.1, -0.05) is 43.1 Å². The van der Waals surface area contributed by atoms with Crippen molar-refractivity contribution in [3.05, 3.63) is 33.8 Å². The highest BCUT2D eigenvalue weighted by Gasteiger charge is 2.21. The van der Waals surface area contributed by atoms with Crippen LogP contribution in [0.3, 0.4) is 0 Å². The fourth-order valence-electron chi connectivity index (χ4n) is 2.13. The zero-order valence-electron chi connectivity index (χ0n) is 13.5. The minimum absolute atomic E-state index is 0.114. The van der Waals surface area contributed by atoms with E-state index >= 15 is 0 Å². The smallest absolute Gasteiger partial charge is 0.253 e. The molecule has 0 bridgehead atoms. The lowest BCUT2D eigenvalue weighted by atomic mass is 10.0. The van der Waals surface area contributed by atoms with Gasteiger partial charge in [0.1, 0.15) is 6.04 Å². The molecule has 23 heavy (non-hydrogen) atoms. The fourth-order valence-corrected chi connectivity index (χ4v) is 2.51. The van der Waals surface area contributed by atoms with E-state index in [1.54, 1.807) is 25.1 Å². The summed E-state index contributed by atoms with van der Waals surface area (Å²) in [6.45, 7) is 6.07. The number of carbonyl (C=O) groups excluding carboxylic acids is 2. The molecule has 0 spiro atoms. The number of carbonyl (C=O) groups is 2. The molecule has 128 valence electrons. The van der Waals surface area contributed by atoms with E-state index in [0.717, 1.165) is 6.42 Å². The molecule has 0 aliphatic carbocycles. The third-order valence-electron chi connectivity index (χ3n) is 3.32. The standard InChI is InChI=1S/C16H23Cl2N3O2/c1-9(2)7-11(8-19)21-15(22)10(3)20-16(23)12-5-4-6-13(17)14(12)18/h4-6,9-11H,7-8,19H2,1-3H3,(H,20,23)(H,21,22). The second kappa shape index (κ2) is 9.11. The third kappa shape index (κ3) is 6.01. The summed E-state index contributed by atoms with van der Waals surface area (Å²) in [6.07, 6.45) is 0.781. The lowest BCUT2D eigenvalue weighted by molar-refractivity contribution is -0.123. The Hall–Kier alpha value is -1.30. The summed E-state index contributed by atoms with van der Waals surface area (Å²) in [6, 6.07) is 3.95. The van der Waals surface area contributed by atoms with Gasteiger partial charge in [-0.25, -0.2) is 0 Å². The monoisotopic (exact) mass is 359 g/mol. The summed E-state index contributed by atoms with van der Waals surface area (Å²) in [5.74, 6) is -0.320. The first-order chi connectivity index (χ1) is 10.8. The van der Waals surface area contributed by atoms with E-state index in [-0.39, 0.29) is 27.6 Å². The molecule has 0 heterocycles. The van der Waals surface area contributed by atoms with Crippen molar-refractivity contribution in [2.24, 2.45) is 11.7 Å². The van der Waals surface area contributed by atoms with Gasteiger partial charge in [0.15, 0.2) is 0 Å². The third-order valence-corrected chi connectivity index (χ3v) is 4.14. The second-order valence-electron chi connectivity index (χ2n) is 5.87. The molecule has 5 nitrogen and oxygen atoms in total.